The van der Waals surface area contributed by atoms with Gasteiger partial charge in [-0.25, -0.2) is 9.98 Å². The van der Waals surface area contributed by atoms with Crippen LogP contribution in [-0.4, -0.2) is 17.5 Å². The van der Waals surface area contributed by atoms with Crippen LogP contribution in [0.2, 0.25) is 0 Å². The Morgan fingerprint density at radius 3 is 2.59 bits per heavy atom. The number of hydrogen-bond acceptors (Lipinski definition) is 4. The fraction of sp³-hybridized carbons (Fsp3) is 0.500. The highest BCUT2D eigenvalue weighted by Gasteiger charge is 2.07. The van der Waals surface area contributed by atoms with Gasteiger partial charge in [0.25, 0.3) is 0 Å². The molecule has 0 radical (unpaired) electrons. The Hall–Kier alpha value is -1.82. The molecule has 2 N–H and O–H groups in total. The van der Waals surface area contributed by atoms with Crippen molar-refractivity contribution >= 4 is 17.3 Å². The predicted octanol–water partition coefficient (Wildman–Crippen LogP) is 3.23. The lowest BCUT2D eigenvalue weighted by Crippen LogP contribution is -2.36. The second-order valence-corrected chi connectivity index (χ2v) is 6.52. The van der Waals surface area contributed by atoms with Crippen molar-refractivity contribution in [1.29, 1.82) is 0 Å². The molecule has 0 fully saturated rings. The first-order chi connectivity index (χ1) is 10.5. The van der Waals surface area contributed by atoms with Gasteiger partial charge in [0.15, 0.2) is 5.96 Å². The molecule has 0 aliphatic rings. The number of guanidine groups is 1. The summed E-state index contributed by atoms with van der Waals surface area (Å²) in [5.41, 5.74) is 2.21. The number of nitrogens with one attached hydrogen (secondary N) is 2. The first-order valence-electron chi connectivity index (χ1n) is 7.50. The van der Waals surface area contributed by atoms with Gasteiger partial charge in [-0.2, -0.15) is 0 Å². The van der Waals surface area contributed by atoms with Gasteiger partial charge in [0, 0.05) is 17.0 Å². The highest BCUT2D eigenvalue weighted by atomic mass is 32.1. The molecule has 0 bridgehead atoms. The zero-order valence-electron chi connectivity index (χ0n) is 13.9. The third-order valence-electron chi connectivity index (χ3n) is 3.31. The number of hydrogen-bond donors (Lipinski definition) is 2. The van der Waals surface area contributed by atoms with Crippen molar-refractivity contribution in [3.05, 3.63) is 38.7 Å². The van der Waals surface area contributed by atoms with E-state index in [1.54, 1.807) is 11.3 Å². The van der Waals surface area contributed by atoms with Gasteiger partial charge in [0.1, 0.15) is 11.5 Å². The third-order valence-corrected chi connectivity index (χ3v) is 4.38. The second kappa shape index (κ2) is 7.45. The molecule has 2 heterocycles. The van der Waals surface area contributed by atoms with Crippen LogP contribution in [0.1, 0.15) is 39.6 Å². The summed E-state index contributed by atoms with van der Waals surface area (Å²) < 4.78 is 5.54. The van der Waals surface area contributed by atoms with Crippen molar-refractivity contribution in [1.82, 2.24) is 15.6 Å². The molecule has 0 aliphatic carbocycles. The normalized spacial score (nSPS) is 11.8. The lowest BCUT2D eigenvalue weighted by molar-refractivity contribution is 0.501. The Kier molecular flexibility index (Phi) is 5.60. The van der Waals surface area contributed by atoms with E-state index < -0.39 is 0 Å². The molecule has 2 aromatic heterocycles. The molecule has 0 aromatic carbocycles. The average molecular weight is 320 g/mol. The molecule has 6 heteroatoms. The van der Waals surface area contributed by atoms with Crippen LogP contribution in [0.4, 0.5) is 0 Å². The smallest absolute Gasteiger partial charge is 0.191 e. The number of nitrogens with zero attached hydrogens (tertiary/aromatic N) is 2. The van der Waals surface area contributed by atoms with Crippen LogP contribution in [0, 0.1) is 27.7 Å². The zero-order valence-corrected chi connectivity index (χ0v) is 14.7. The monoisotopic (exact) mass is 320 g/mol. The molecule has 0 saturated heterocycles. The molecule has 0 aliphatic heterocycles. The van der Waals surface area contributed by atoms with Crippen LogP contribution in [0.3, 0.4) is 0 Å². The second-order valence-electron chi connectivity index (χ2n) is 5.23. The van der Waals surface area contributed by atoms with Crippen molar-refractivity contribution in [2.75, 3.05) is 6.54 Å². The molecule has 5 nitrogen and oxygen atoms in total. The summed E-state index contributed by atoms with van der Waals surface area (Å²) >= 11 is 1.72. The summed E-state index contributed by atoms with van der Waals surface area (Å²) in [6, 6.07) is 2.04. The highest BCUT2D eigenvalue weighted by Crippen LogP contribution is 2.17. The van der Waals surface area contributed by atoms with Crippen LogP contribution >= 0.6 is 11.3 Å². The SMILES string of the molecule is CCNC(=NCc1cc(C)oc1C)NCc1sc(C)nc1C. The Bertz CT molecular complexity index is 657. The molecule has 0 atom stereocenters. The first kappa shape index (κ1) is 16.5. The summed E-state index contributed by atoms with van der Waals surface area (Å²) in [5, 5.41) is 7.73. The standard InChI is InChI=1S/C16H24N4OS/c1-6-17-16(18-8-14-7-10(2)21-12(14)4)19-9-15-11(3)20-13(5)22-15/h7H,6,8-9H2,1-5H3,(H2,17,18,19). The summed E-state index contributed by atoms with van der Waals surface area (Å²) in [6.45, 7) is 12.3. The fourth-order valence-corrected chi connectivity index (χ4v) is 3.12. The minimum atomic E-state index is 0.610. The number of furan rings is 1. The minimum absolute atomic E-state index is 0.610. The number of rotatable bonds is 5. The van der Waals surface area contributed by atoms with Gasteiger partial charge in [-0.15, -0.1) is 11.3 Å². The van der Waals surface area contributed by atoms with E-state index >= 15 is 0 Å². The van der Waals surface area contributed by atoms with Crippen LogP contribution in [0.15, 0.2) is 15.5 Å². The summed E-state index contributed by atoms with van der Waals surface area (Å²) in [5.74, 6) is 2.67. The van der Waals surface area contributed by atoms with E-state index in [2.05, 4.69) is 27.5 Å². The zero-order chi connectivity index (χ0) is 16.1. The lowest BCUT2D eigenvalue weighted by Gasteiger charge is -2.10. The van der Waals surface area contributed by atoms with Gasteiger partial charge < -0.3 is 15.1 Å². The topological polar surface area (TPSA) is 62.5 Å². The number of aliphatic imine (C=N–C) groups is 1. The van der Waals surface area contributed by atoms with Gasteiger partial charge in [-0.05, 0) is 40.7 Å². The van der Waals surface area contributed by atoms with Crippen molar-refractivity contribution < 1.29 is 4.42 Å². The first-order valence-corrected chi connectivity index (χ1v) is 8.32. The average Bonchev–Trinajstić information content (AvgIpc) is 2.94. The van der Waals surface area contributed by atoms with Crippen molar-refractivity contribution in [3.63, 3.8) is 0 Å². The minimum Gasteiger partial charge on any atom is -0.466 e. The third kappa shape index (κ3) is 4.34. The molecular formula is C16H24N4OS. The molecule has 120 valence electrons. The van der Waals surface area contributed by atoms with Crippen LogP contribution < -0.4 is 10.6 Å². The van der Waals surface area contributed by atoms with Gasteiger partial charge in [0.05, 0.1) is 23.8 Å². The maximum absolute atomic E-state index is 5.54. The van der Waals surface area contributed by atoms with E-state index in [0.717, 1.165) is 46.8 Å². The maximum Gasteiger partial charge on any atom is 0.191 e. The Morgan fingerprint density at radius 1 is 1.27 bits per heavy atom. The molecular weight excluding hydrogens is 296 g/mol. The van der Waals surface area contributed by atoms with E-state index in [0.29, 0.717) is 6.54 Å². The summed E-state index contributed by atoms with van der Waals surface area (Å²) in [4.78, 5) is 10.3. The largest absolute Gasteiger partial charge is 0.466 e. The summed E-state index contributed by atoms with van der Waals surface area (Å²) in [7, 11) is 0. The Balaban J connectivity index is 2.01. The number of aromatic nitrogens is 1. The van der Waals surface area contributed by atoms with E-state index in [1.165, 1.54) is 4.88 Å². The van der Waals surface area contributed by atoms with Crippen molar-refractivity contribution in [3.8, 4) is 0 Å². The Labute approximate surface area is 135 Å². The maximum atomic E-state index is 5.54. The van der Waals surface area contributed by atoms with Crippen LogP contribution in [0.25, 0.3) is 0 Å². The molecule has 0 amide bonds. The highest BCUT2D eigenvalue weighted by molar-refractivity contribution is 7.11. The lowest BCUT2D eigenvalue weighted by atomic mass is 10.2. The Morgan fingerprint density at radius 2 is 2.05 bits per heavy atom. The van der Waals surface area contributed by atoms with E-state index in [4.69, 9.17) is 4.42 Å². The molecule has 0 unspecified atom stereocenters. The van der Waals surface area contributed by atoms with Crippen LogP contribution in [-0.2, 0) is 13.1 Å². The van der Waals surface area contributed by atoms with Crippen LogP contribution in [0.5, 0.6) is 0 Å². The van der Waals surface area contributed by atoms with Gasteiger partial charge in [-0.1, -0.05) is 0 Å². The fourth-order valence-electron chi connectivity index (χ4n) is 2.25. The van der Waals surface area contributed by atoms with Crippen molar-refractivity contribution in [2.24, 2.45) is 4.99 Å². The number of thiazole rings is 1. The number of aryl methyl sites for hydroxylation is 4. The molecule has 0 saturated carbocycles. The van der Waals surface area contributed by atoms with Gasteiger partial charge >= 0.3 is 0 Å². The molecule has 22 heavy (non-hydrogen) atoms. The molecule has 2 aromatic rings. The van der Waals surface area contributed by atoms with Gasteiger partial charge in [0.2, 0.25) is 0 Å². The van der Waals surface area contributed by atoms with Gasteiger partial charge in [-0.3, -0.25) is 0 Å². The molecule has 2 rings (SSSR count). The quantitative estimate of drug-likeness (QED) is 0.656. The summed E-state index contributed by atoms with van der Waals surface area (Å²) in [6.07, 6.45) is 0. The molecule has 0 spiro atoms. The van der Waals surface area contributed by atoms with E-state index in [1.807, 2.05) is 33.8 Å². The van der Waals surface area contributed by atoms with E-state index in [-0.39, 0.29) is 0 Å². The van der Waals surface area contributed by atoms with E-state index in [9.17, 15) is 0 Å². The predicted molar refractivity (Wildman–Crippen MR) is 91.4 cm³/mol. The van der Waals surface area contributed by atoms with Crippen molar-refractivity contribution in [2.45, 2.75) is 47.7 Å².